The minimum absolute atomic E-state index is 0.213. The Balaban J connectivity index is 1.62. The van der Waals surface area contributed by atoms with Crippen LogP contribution in [-0.4, -0.2) is 38.3 Å². The van der Waals surface area contributed by atoms with E-state index in [-0.39, 0.29) is 11.1 Å². The zero-order valence-corrected chi connectivity index (χ0v) is 27.6. The molecule has 1 atom stereocenters. The lowest BCUT2D eigenvalue weighted by Gasteiger charge is -2.37. The monoisotopic (exact) mass is 643 g/mol. The zero-order chi connectivity index (χ0) is 34.3. The largest absolute Gasteiger partial charge is 0.444 e. The number of rotatable bonds is 6. The first-order valence-electron chi connectivity index (χ1n) is 15.6. The standard InChI is InChI=1S/C36H39F2N5O4/c1-8-21-16-13-17-22(9-2)29(21)42-20-26-30(43(34(46)47-35(3,4)5)36(6,7)31(26)41-42)25-18-24(37)19-27(28(25)38)39-33(45)40-32(44)23-14-11-10-12-15-23/h10-20,30H,8-9H2,1-7H3,(H2,39,40,44,45). The number of amides is 4. The van der Waals surface area contributed by atoms with Crippen LogP contribution in [0.5, 0.6) is 0 Å². The quantitative estimate of drug-likeness (QED) is 0.223. The highest BCUT2D eigenvalue weighted by Crippen LogP contribution is 2.50. The maximum absolute atomic E-state index is 16.5. The second-order valence-electron chi connectivity index (χ2n) is 13.0. The van der Waals surface area contributed by atoms with Crippen LogP contribution in [0.4, 0.5) is 24.1 Å². The Morgan fingerprint density at radius 3 is 2.17 bits per heavy atom. The van der Waals surface area contributed by atoms with Crippen molar-refractivity contribution >= 4 is 23.7 Å². The first kappa shape index (κ1) is 33.3. The highest BCUT2D eigenvalue weighted by atomic mass is 19.1. The van der Waals surface area contributed by atoms with E-state index in [1.165, 1.54) is 17.0 Å². The molecule has 0 radical (unpaired) electrons. The van der Waals surface area contributed by atoms with Gasteiger partial charge in [0.05, 0.1) is 28.6 Å². The number of para-hydroxylation sites is 1. The third kappa shape index (κ3) is 6.47. The molecule has 1 unspecified atom stereocenters. The molecule has 0 spiro atoms. The number of carbonyl (C=O) groups excluding carboxylic acids is 3. The van der Waals surface area contributed by atoms with Gasteiger partial charge in [-0.05, 0) is 76.8 Å². The van der Waals surface area contributed by atoms with Crippen LogP contribution >= 0.6 is 0 Å². The van der Waals surface area contributed by atoms with Gasteiger partial charge < -0.3 is 10.1 Å². The number of urea groups is 1. The van der Waals surface area contributed by atoms with Crippen LogP contribution in [0.3, 0.4) is 0 Å². The third-order valence-electron chi connectivity index (χ3n) is 8.13. The molecule has 0 fully saturated rings. The summed E-state index contributed by atoms with van der Waals surface area (Å²) < 4.78 is 39.3. The summed E-state index contributed by atoms with van der Waals surface area (Å²) in [5, 5.41) is 9.35. The van der Waals surface area contributed by atoms with Gasteiger partial charge in [0.1, 0.15) is 11.4 Å². The Labute approximate surface area is 272 Å². The number of imide groups is 1. The molecule has 246 valence electrons. The molecule has 4 aromatic rings. The Morgan fingerprint density at radius 1 is 0.936 bits per heavy atom. The summed E-state index contributed by atoms with van der Waals surface area (Å²) in [5.41, 5.74) is 1.47. The molecule has 9 nitrogen and oxygen atoms in total. The van der Waals surface area contributed by atoms with Gasteiger partial charge in [-0.25, -0.2) is 23.1 Å². The first-order valence-corrected chi connectivity index (χ1v) is 15.6. The lowest BCUT2D eigenvalue weighted by Crippen LogP contribution is -2.46. The van der Waals surface area contributed by atoms with Crippen molar-refractivity contribution in [2.24, 2.45) is 0 Å². The van der Waals surface area contributed by atoms with Gasteiger partial charge in [-0.2, -0.15) is 5.10 Å². The van der Waals surface area contributed by atoms with Crippen molar-refractivity contribution < 1.29 is 27.9 Å². The number of benzene rings is 3. The molecule has 0 aliphatic carbocycles. The number of nitrogens with one attached hydrogen (secondary N) is 2. The number of anilines is 1. The summed E-state index contributed by atoms with van der Waals surface area (Å²) in [7, 11) is 0. The Hall–Kier alpha value is -5.06. The molecule has 2 N–H and O–H groups in total. The van der Waals surface area contributed by atoms with E-state index in [4.69, 9.17) is 9.84 Å². The zero-order valence-electron chi connectivity index (χ0n) is 27.6. The van der Waals surface area contributed by atoms with Crippen molar-refractivity contribution in [1.29, 1.82) is 0 Å². The van der Waals surface area contributed by atoms with Crippen molar-refractivity contribution in [3.05, 3.63) is 112 Å². The molecule has 0 saturated heterocycles. The van der Waals surface area contributed by atoms with Gasteiger partial charge in [0.2, 0.25) is 0 Å². The average molecular weight is 644 g/mol. The summed E-state index contributed by atoms with van der Waals surface area (Å²) in [6.45, 7) is 12.8. The molecule has 2 heterocycles. The predicted octanol–water partition coefficient (Wildman–Crippen LogP) is 7.81. The Morgan fingerprint density at radius 2 is 1.57 bits per heavy atom. The molecule has 47 heavy (non-hydrogen) atoms. The van der Waals surface area contributed by atoms with Crippen LogP contribution in [0.15, 0.2) is 66.9 Å². The number of ether oxygens (including phenoxy) is 1. The fraction of sp³-hybridized carbons (Fsp3) is 0.333. The molecule has 11 heteroatoms. The normalized spacial score (nSPS) is 15.3. The number of halogens is 2. The number of aryl methyl sites for hydroxylation is 2. The molecule has 3 aromatic carbocycles. The molecule has 5 rings (SSSR count). The van der Waals surface area contributed by atoms with Gasteiger partial charge >= 0.3 is 12.1 Å². The summed E-state index contributed by atoms with van der Waals surface area (Å²) in [4.78, 5) is 40.5. The van der Waals surface area contributed by atoms with Crippen molar-refractivity contribution in [3.63, 3.8) is 0 Å². The van der Waals surface area contributed by atoms with Crippen molar-refractivity contribution in [2.45, 2.75) is 78.5 Å². The lowest BCUT2D eigenvalue weighted by atomic mass is 9.99. The van der Waals surface area contributed by atoms with Gasteiger partial charge in [-0.15, -0.1) is 0 Å². The van der Waals surface area contributed by atoms with Gasteiger partial charge in [0.15, 0.2) is 5.82 Å². The van der Waals surface area contributed by atoms with Gasteiger partial charge in [-0.1, -0.05) is 50.2 Å². The molecule has 4 amide bonds. The number of carbonyl (C=O) groups is 3. The van der Waals surface area contributed by atoms with E-state index in [0.717, 1.165) is 41.8 Å². The molecule has 0 bridgehead atoms. The average Bonchev–Trinajstić information content (AvgIpc) is 3.54. The third-order valence-corrected chi connectivity index (χ3v) is 8.13. The van der Waals surface area contributed by atoms with E-state index in [9.17, 15) is 14.4 Å². The summed E-state index contributed by atoms with van der Waals surface area (Å²) in [6, 6.07) is 13.6. The number of nitrogens with zero attached hydrogens (tertiary/aromatic N) is 3. The van der Waals surface area contributed by atoms with Crippen molar-refractivity contribution in [1.82, 2.24) is 20.0 Å². The van der Waals surface area contributed by atoms with E-state index in [2.05, 4.69) is 10.6 Å². The van der Waals surface area contributed by atoms with E-state index in [1.54, 1.807) is 63.7 Å². The van der Waals surface area contributed by atoms with Gasteiger partial charge in [-0.3, -0.25) is 15.0 Å². The summed E-state index contributed by atoms with van der Waals surface area (Å²) >= 11 is 0. The second-order valence-corrected chi connectivity index (χ2v) is 13.0. The van der Waals surface area contributed by atoms with Crippen LogP contribution in [0, 0.1) is 11.6 Å². The molecule has 0 saturated carbocycles. The minimum Gasteiger partial charge on any atom is -0.444 e. The molecule has 1 aliphatic heterocycles. The smallest absolute Gasteiger partial charge is 0.411 e. The maximum atomic E-state index is 16.5. The number of hydrogen-bond acceptors (Lipinski definition) is 5. The Bertz CT molecular complexity index is 1820. The number of hydrogen-bond donors (Lipinski definition) is 2. The maximum Gasteiger partial charge on any atom is 0.411 e. The second kappa shape index (κ2) is 12.6. The van der Waals surface area contributed by atoms with Crippen LogP contribution in [0.2, 0.25) is 0 Å². The fourth-order valence-corrected chi connectivity index (χ4v) is 6.03. The topological polar surface area (TPSA) is 106 Å². The van der Waals surface area contributed by atoms with Crippen LogP contribution in [-0.2, 0) is 23.1 Å². The summed E-state index contributed by atoms with van der Waals surface area (Å²) in [6.07, 6.45) is 2.49. The molecular weight excluding hydrogens is 604 g/mol. The highest BCUT2D eigenvalue weighted by molar-refractivity contribution is 6.08. The predicted molar refractivity (Wildman–Crippen MR) is 175 cm³/mol. The lowest BCUT2D eigenvalue weighted by molar-refractivity contribution is -0.00180. The van der Waals surface area contributed by atoms with Crippen molar-refractivity contribution in [2.75, 3.05) is 5.32 Å². The first-order chi connectivity index (χ1) is 22.2. The SMILES string of the molecule is CCc1cccc(CC)c1-n1cc2c(n1)C(C)(C)N(C(=O)OC(C)(C)C)C2c1cc(F)cc(NC(=O)NC(=O)c2ccccc2)c1F. The molecule has 1 aromatic heterocycles. The van der Waals surface area contributed by atoms with E-state index in [0.29, 0.717) is 11.3 Å². The van der Waals surface area contributed by atoms with E-state index < -0.39 is 52.5 Å². The number of aromatic nitrogens is 2. The number of fused-ring (bicyclic) bond motifs is 1. The molecular formula is C36H39F2N5O4. The van der Waals surface area contributed by atoms with Crippen LogP contribution < -0.4 is 10.6 Å². The van der Waals surface area contributed by atoms with Gasteiger partial charge in [0.25, 0.3) is 5.91 Å². The van der Waals surface area contributed by atoms with Crippen molar-refractivity contribution in [3.8, 4) is 5.69 Å². The fourth-order valence-electron chi connectivity index (χ4n) is 6.03. The minimum atomic E-state index is -1.17. The Kier molecular flexibility index (Phi) is 8.94. The summed E-state index contributed by atoms with van der Waals surface area (Å²) in [5.74, 6) is -2.56. The molecule has 1 aliphatic rings. The van der Waals surface area contributed by atoms with Crippen LogP contribution in [0.25, 0.3) is 5.69 Å². The highest BCUT2D eigenvalue weighted by Gasteiger charge is 2.52. The van der Waals surface area contributed by atoms with Crippen LogP contribution in [0.1, 0.15) is 92.8 Å². The van der Waals surface area contributed by atoms with E-state index >= 15 is 8.78 Å². The van der Waals surface area contributed by atoms with E-state index in [1.807, 2.05) is 32.0 Å². The van der Waals surface area contributed by atoms with Gasteiger partial charge in [0, 0.05) is 29.0 Å².